The van der Waals surface area contributed by atoms with E-state index in [0.717, 1.165) is 4.57 Å². The molecule has 0 aliphatic heterocycles. The normalized spacial score (nSPS) is 11.6. The molecule has 0 radical (unpaired) electrons. The molecule has 7 heteroatoms. The van der Waals surface area contributed by atoms with E-state index in [1.165, 1.54) is 17.9 Å². The maximum atomic E-state index is 12.0. The molecule has 0 saturated carbocycles. The van der Waals surface area contributed by atoms with Crippen LogP contribution in [0.15, 0.2) is 15.9 Å². The Morgan fingerprint density at radius 2 is 1.94 bits per heavy atom. The molecule has 0 aliphatic rings. The van der Waals surface area contributed by atoms with E-state index in [-0.39, 0.29) is 11.2 Å². The molecule has 0 fully saturated rings. The third-order valence-electron chi connectivity index (χ3n) is 2.62. The Morgan fingerprint density at radius 1 is 1.29 bits per heavy atom. The lowest BCUT2D eigenvalue weighted by Crippen LogP contribution is -2.40. The van der Waals surface area contributed by atoms with Crippen LogP contribution in [0.1, 0.15) is 0 Å². The van der Waals surface area contributed by atoms with Crippen LogP contribution in [0.2, 0.25) is 0 Å². The summed E-state index contributed by atoms with van der Waals surface area (Å²) in [5.41, 5.74) is 0.193. The zero-order valence-electron chi connectivity index (χ0n) is 10.3. The van der Waals surface area contributed by atoms with Crippen molar-refractivity contribution in [2.45, 2.75) is 6.67 Å². The molecule has 2 heterocycles. The summed E-state index contributed by atoms with van der Waals surface area (Å²) in [6.07, 6.45) is 1.54. The molecule has 0 saturated heterocycles. The highest BCUT2D eigenvalue weighted by Gasteiger charge is 2.14. The first-order chi connectivity index (χ1) is 7.93. The molecule has 2 rings (SSSR count). The summed E-state index contributed by atoms with van der Waals surface area (Å²) in [6.45, 7) is 0.389. The van der Waals surface area contributed by atoms with Crippen molar-refractivity contribution in [2.24, 2.45) is 14.1 Å². The van der Waals surface area contributed by atoms with E-state index in [1.54, 1.807) is 11.6 Å². The molecule has 2 aromatic heterocycles. The number of rotatable bonds is 2. The van der Waals surface area contributed by atoms with Crippen molar-refractivity contribution in [3.8, 4) is 0 Å². The first kappa shape index (κ1) is 11.6. The van der Waals surface area contributed by atoms with E-state index in [1.807, 2.05) is 19.0 Å². The fourth-order valence-electron chi connectivity index (χ4n) is 1.79. The Labute approximate surface area is 97.5 Å². The molecule has 0 aliphatic carbocycles. The van der Waals surface area contributed by atoms with E-state index in [4.69, 9.17) is 0 Å². The van der Waals surface area contributed by atoms with Gasteiger partial charge in [0.05, 0.1) is 13.0 Å². The predicted molar refractivity (Wildman–Crippen MR) is 63.9 cm³/mol. The molecule has 0 bridgehead atoms. The Bertz CT molecular complexity index is 676. The van der Waals surface area contributed by atoms with Crippen LogP contribution < -0.4 is 11.2 Å². The minimum atomic E-state index is -0.352. The van der Waals surface area contributed by atoms with Gasteiger partial charge in [-0.25, -0.2) is 9.78 Å². The van der Waals surface area contributed by atoms with Gasteiger partial charge >= 0.3 is 5.69 Å². The van der Waals surface area contributed by atoms with Crippen molar-refractivity contribution in [3.63, 3.8) is 0 Å². The van der Waals surface area contributed by atoms with Gasteiger partial charge in [0.2, 0.25) is 0 Å². The number of aryl methyl sites for hydroxylation is 1. The van der Waals surface area contributed by atoms with Crippen LogP contribution >= 0.6 is 0 Å². The summed E-state index contributed by atoms with van der Waals surface area (Å²) in [4.78, 5) is 29.9. The van der Waals surface area contributed by atoms with Crippen molar-refractivity contribution in [3.05, 3.63) is 27.2 Å². The van der Waals surface area contributed by atoms with Crippen molar-refractivity contribution in [1.82, 2.24) is 23.6 Å². The molecule has 0 amide bonds. The number of imidazole rings is 1. The fraction of sp³-hybridized carbons (Fsp3) is 0.500. The third-order valence-corrected chi connectivity index (χ3v) is 2.62. The number of hydrogen-bond donors (Lipinski definition) is 0. The van der Waals surface area contributed by atoms with Crippen LogP contribution in [0, 0.1) is 0 Å². The van der Waals surface area contributed by atoms with Gasteiger partial charge in [0.25, 0.3) is 5.56 Å². The smallest absolute Gasteiger partial charge is 0.328 e. The Morgan fingerprint density at radius 3 is 2.53 bits per heavy atom. The second-order valence-electron chi connectivity index (χ2n) is 4.32. The van der Waals surface area contributed by atoms with Crippen LogP contribution in [0.4, 0.5) is 0 Å². The molecule has 92 valence electrons. The monoisotopic (exact) mass is 237 g/mol. The van der Waals surface area contributed by atoms with E-state index < -0.39 is 0 Å². The Hall–Kier alpha value is -1.89. The molecular formula is C10H15N5O2. The summed E-state index contributed by atoms with van der Waals surface area (Å²) in [7, 11) is 6.92. The van der Waals surface area contributed by atoms with Gasteiger partial charge in [0.1, 0.15) is 0 Å². The topological polar surface area (TPSA) is 65.1 Å². The zero-order chi connectivity index (χ0) is 12.7. The summed E-state index contributed by atoms with van der Waals surface area (Å²) in [5.74, 6) is 0. The van der Waals surface area contributed by atoms with Crippen LogP contribution in [0.25, 0.3) is 11.2 Å². The van der Waals surface area contributed by atoms with Crippen LogP contribution in [0.3, 0.4) is 0 Å². The SMILES string of the molecule is CN(C)Cn1c(=O)n(C)c(=O)c2c1ncn2C. The standard InChI is InChI=1S/C10H15N5O2/c1-12(2)6-15-8-7(13(3)5-11-8)9(16)14(4)10(15)17/h5H,6H2,1-4H3. The van der Waals surface area contributed by atoms with Gasteiger partial charge in [-0.15, -0.1) is 0 Å². The lowest BCUT2D eigenvalue weighted by atomic mass is 10.5. The van der Waals surface area contributed by atoms with E-state index >= 15 is 0 Å². The zero-order valence-corrected chi connectivity index (χ0v) is 10.3. The number of hydrogen-bond acceptors (Lipinski definition) is 4. The van der Waals surface area contributed by atoms with Crippen molar-refractivity contribution < 1.29 is 0 Å². The molecule has 0 atom stereocenters. The highest BCUT2D eigenvalue weighted by molar-refractivity contribution is 5.69. The molecule has 2 aromatic rings. The average Bonchev–Trinajstić information content (AvgIpc) is 2.63. The molecule has 7 nitrogen and oxygen atoms in total. The number of aromatic nitrogens is 4. The van der Waals surface area contributed by atoms with Crippen molar-refractivity contribution >= 4 is 11.2 Å². The minimum Gasteiger partial charge on any atom is -0.328 e. The third kappa shape index (κ3) is 1.68. The lowest BCUT2D eigenvalue weighted by Gasteiger charge is -2.13. The summed E-state index contributed by atoms with van der Waals surface area (Å²) in [5, 5.41) is 0. The molecule has 0 N–H and O–H groups in total. The highest BCUT2D eigenvalue weighted by atomic mass is 16.2. The Balaban J connectivity index is 2.92. The molecule has 0 aromatic carbocycles. The quantitative estimate of drug-likeness (QED) is 0.668. The predicted octanol–water partition coefficient (Wildman–Crippen LogP) is -1.05. The van der Waals surface area contributed by atoms with Gasteiger partial charge < -0.3 is 4.57 Å². The first-order valence-electron chi connectivity index (χ1n) is 5.19. The van der Waals surface area contributed by atoms with Gasteiger partial charge in [-0.3, -0.25) is 18.8 Å². The highest BCUT2D eigenvalue weighted by Crippen LogP contribution is 2.04. The summed E-state index contributed by atoms with van der Waals surface area (Å²) in [6, 6.07) is 0. The second kappa shape index (κ2) is 3.85. The average molecular weight is 237 g/mol. The van der Waals surface area contributed by atoms with Crippen LogP contribution in [-0.2, 0) is 20.8 Å². The van der Waals surface area contributed by atoms with E-state index in [9.17, 15) is 9.59 Å². The fourth-order valence-corrected chi connectivity index (χ4v) is 1.79. The largest absolute Gasteiger partial charge is 0.333 e. The van der Waals surface area contributed by atoms with Gasteiger partial charge in [0, 0.05) is 14.1 Å². The van der Waals surface area contributed by atoms with Gasteiger partial charge in [-0.1, -0.05) is 0 Å². The maximum absolute atomic E-state index is 12.0. The van der Waals surface area contributed by atoms with Gasteiger partial charge in [-0.05, 0) is 14.1 Å². The van der Waals surface area contributed by atoms with E-state index in [0.29, 0.717) is 17.8 Å². The molecule has 0 spiro atoms. The number of fused-ring (bicyclic) bond motifs is 1. The summed E-state index contributed by atoms with van der Waals surface area (Å²) < 4.78 is 4.22. The summed E-state index contributed by atoms with van der Waals surface area (Å²) >= 11 is 0. The van der Waals surface area contributed by atoms with Gasteiger partial charge in [0.15, 0.2) is 11.2 Å². The second-order valence-corrected chi connectivity index (χ2v) is 4.32. The van der Waals surface area contributed by atoms with Crippen LogP contribution in [-0.4, -0.2) is 37.7 Å². The Kier molecular flexibility index (Phi) is 2.62. The van der Waals surface area contributed by atoms with Crippen molar-refractivity contribution in [1.29, 1.82) is 0 Å². The molecule has 0 unspecified atom stereocenters. The minimum absolute atomic E-state index is 0.319. The van der Waals surface area contributed by atoms with Gasteiger partial charge in [-0.2, -0.15) is 0 Å². The van der Waals surface area contributed by atoms with E-state index in [2.05, 4.69) is 4.98 Å². The van der Waals surface area contributed by atoms with Crippen molar-refractivity contribution in [2.75, 3.05) is 14.1 Å². The lowest BCUT2D eigenvalue weighted by molar-refractivity contribution is 0.320. The molecule has 17 heavy (non-hydrogen) atoms. The maximum Gasteiger partial charge on any atom is 0.333 e. The number of nitrogens with zero attached hydrogens (tertiary/aromatic N) is 5. The molecular weight excluding hydrogens is 222 g/mol. The first-order valence-corrected chi connectivity index (χ1v) is 5.19. The van der Waals surface area contributed by atoms with Crippen LogP contribution in [0.5, 0.6) is 0 Å².